The first kappa shape index (κ1) is 21.5. The molecule has 29 heavy (non-hydrogen) atoms. The van der Waals surface area contributed by atoms with Gasteiger partial charge in [-0.25, -0.2) is 0 Å². The summed E-state index contributed by atoms with van der Waals surface area (Å²) in [6, 6.07) is 13.9. The molecular formula is C20H21N3O6. The van der Waals surface area contributed by atoms with Gasteiger partial charge in [-0.1, -0.05) is 42.5 Å². The van der Waals surface area contributed by atoms with Crippen LogP contribution in [0.4, 0.5) is 11.4 Å². The number of rotatable bonds is 8. The van der Waals surface area contributed by atoms with E-state index in [0.29, 0.717) is 0 Å². The van der Waals surface area contributed by atoms with Crippen molar-refractivity contribution in [2.75, 3.05) is 5.32 Å². The van der Waals surface area contributed by atoms with E-state index in [-0.39, 0.29) is 23.7 Å². The maximum Gasteiger partial charge on any atom is 0.309 e. The van der Waals surface area contributed by atoms with E-state index in [0.717, 1.165) is 5.56 Å². The molecule has 0 aliphatic heterocycles. The minimum Gasteiger partial charge on any atom is -0.452 e. The number of nitrogens with one attached hydrogen (secondary N) is 2. The van der Waals surface area contributed by atoms with Crippen LogP contribution in [0.1, 0.15) is 31.9 Å². The number of amides is 2. The number of benzene rings is 2. The Balaban J connectivity index is 2.01. The number of carbonyl (C=O) groups excluding carboxylic acids is 3. The molecule has 2 atom stereocenters. The third-order valence-electron chi connectivity index (χ3n) is 3.99. The fourth-order valence-electron chi connectivity index (χ4n) is 2.62. The first-order chi connectivity index (χ1) is 13.8. The van der Waals surface area contributed by atoms with Gasteiger partial charge in [-0.15, -0.1) is 0 Å². The molecule has 2 aromatic rings. The van der Waals surface area contributed by atoms with E-state index in [4.69, 9.17) is 4.74 Å². The lowest BCUT2D eigenvalue weighted by atomic mass is 10.0. The fraction of sp³-hybridized carbons (Fsp3) is 0.250. The van der Waals surface area contributed by atoms with Crippen LogP contribution in [0.25, 0.3) is 0 Å². The maximum absolute atomic E-state index is 12.3. The van der Waals surface area contributed by atoms with Crippen molar-refractivity contribution >= 4 is 29.2 Å². The van der Waals surface area contributed by atoms with Gasteiger partial charge in [0, 0.05) is 13.0 Å². The van der Waals surface area contributed by atoms with Crippen LogP contribution < -0.4 is 10.6 Å². The molecule has 0 heterocycles. The molecule has 2 rings (SSSR count). The Kier molecular flexibility index (Phi) is 7.41. The summed E-state index contributed by atoms with van der Waals surface area (Å²) in [7, 11) is 0. The number of ether oxygens (including phenoxy) is 1. The van der Waals surface area contributed by atoms with Gasteiger partial charge in [0.25, 0.3) is 11.6 Å². The van der Waals surface area contributed by atoms with E-state index in [9.17, 15) is 24.5 Å². The molecule has 2 N–H and O–H groups in total. The Morgan fingerprint density at radius 3 is 2.31 bits per heavy atom. The Morgan fingerprint density at radius 2 is 1.69 bits per heavy atom. The van der Waals surface area contributed by atoms with Crippen molar-refractivity contribution in [2.45, 2.75) is 32.4 Å². The summed E-state index contributed by atoms with van der Waals surface area (Å²) in [6.07, 6.45) is -1.36. The summed E-state index contributed by atoms with van der Waals surface area (Å²) in [4.78, 5) is 46.4. The summed E-state index contributed by atoms with van der Waals surface area (Å²) in [6.45, 7) is 2.70. The second kappa shape index (κ2) is 9.98. The second-order valence-electron chi connectivity index (χ2n) is 6.26. The quantitative estimate of drug-likeness (QED) is 0.399. The van der Waals surface area contributed by atoms with Crippen LogP contribution in [0.5, 0.6) is 0 Å². The van der Waals surface area contributed by atoms with Gasteiger partial charge in [-0.3, -0.25) is 24.5 Å². The van der Waals surface area contributed by atoms with E-state index >= 15 is 0 Å². The highest BCUT2D eigenvalue weighted by molar-refractivity contribution is 5.96. The molecule has 152 valence electrons. The minimum absolute atomic E-state index is 0.00538. The molecule has 9 nitrogen and oxygen atoms in total. The maximum atomic E-state index is 12.3. The molecule has 0 aliphatic rings. The largest absolute Gasteiger partial charge is 0.452 e. The van der Waals surface area contributed by atoms with Crippen LogP contribution in [0, 0.1) is 10.1 Å². The highest BCUT2D eigenvalue weighted by Gasteiger charge is 2.24. The van der Waals surface area contributed by atoms with Gasteiger partial charge >= 0.3 is 5.97 Å². The van der Waals surface area contributed by atoms with Gasteiger partial charge in [0.15, 0.2) is 6.10 Å². The third kappa shape index (κ3) is 6.42. The highest BCUT2D eigenvalue weighted by Crippen LogP contribution is 2.23. The molecule has 0 aromatic heterocycles. The molecule has 0 saturated heterocycles. The molecule has 0 aliphatic carbocycles. The van der Waals surface area contributed by atoms with Crippen LogP contribution in [0.15, 0.2) is 54.6 Å². The molecule has 0 unspecified atom stereocenters. The molecule has 0 saturated carbocycles. The van der Waals surface area contributed by atoms with E-state index in [1.54, 1.807) is 24.3 Å². The number of nitro groups is 1. The highest BCUT2D eigenvalue weighted by atomic mass is 16.6. The molecule has 9 heteroatoms. The third-order valence-corrected chi connectivity index (χ3v) is 3.99. The van der Waals surface area contributed by atoms with Crippen molar-refractivity contribution in [1.29, 1.82) is 0 Å². The van der Waals surface area contributed by atoms with Gasteiger partial charge in [0.1, 0.15) is 5.69 Å². The molecule has 0 fully saturated rings. The van der Waals surface area contributed by atoms with Crippen LogP contribution >= 0.6 is 0 Å². The summed E-state index contributed by atoms with van der Waals surface area (Å²) in [5, 5.41) is 16.1. The number of esters is 1. The standard InChI is InChI=1S/C20H21N3O6/c1-13(20(26)22-16-10-6-7-11-18(16)23(27)28)29-19(25)12-17(21-14(2)24)15-8-4-3-5-9-15/h3-11,13,17H,12H2,1-2H3,(H,21,24)(H,22,26)/t13-,17+/m1/s1. The fourth-order valence-corrected chi connectivity index (χ4v) is 2.62. The van der Waals surface area contributed by atoms with Gasteiger partial charge in [0.2, 0.25) is 5.91 Å². The van der Waals surface area contributed by atoms with Crippen molar-refractivity contribution in [3.8, 4) is 0 Å². The molecule has 0 spiro atoms. The Bertz CT molecular complexity index is 900. The van der Waals surface area contributed by atoms with Gasteiger partial charge < -0.3 is 15.4 Å². The normalized spacial score (nSPS) is 12.3. The predicted molar refractivity (Wildman–Crippen MR) is 105 cm³/mol. The van der Waals surface area contributed by atoms with Gasteiger partial charge in [-0.2, -0.15) is 0 Å². The predicted octanol–water partition coefficient (Wildman–Crippen LogP) is 2.73. The van der Waals surface area contributed by atoms with Gasteiger partial charge in [0.05, 0.1) is 17.4 Å². The van der Waals surface area contributed by atoms with Crippen molar-refractivity contribution < 1.29 is 24.0 Å². The van der Waals surface area contributed by atoms with Crippen LogP contribution in [-0.4, -0.2) is 28.8 Å². The summed E-state index contributed by atoms with van der Waals surface area (Å²) in [5.74, 6) is -1.71. The van der Waals surface area contributed by atoms with E-state index in [1.807, 2.05) is 6.07 Å². The van der Waals surface area contributed by atoms with Gasteiger partial charge in [-0.05, 0) is 18.6 Å². The number of hydrogen-bond donors (Lipinski definition) is 2. The molecule has 2 amide bonds. The van der Waals surface area contributed by atoms with Crippen molar-refractivity contribution in [1.82, 2.24) is 5.32 Å². The van der Waals surface area contributed by atoms with Crippen LogP contribution in [-0.2, 0) is 19.1 Å². The monoisotopic (exact) mass is 399 g/mol. The molecule has 0 bridgehead atoms. The van der Waals surface area contributed by atoms with Crippen molar-refractivity contribution in [2.24, 2.45) is 0 Å². The molecule has 0 radical (unpaired) electrons. The number of carbonyl (C=O) groups is 3. The van der Waals surface area contributed by atoms with E-state index in [2.05, 4.69) is 10.6 Å². The van der Waals surface area contributed by atoms with Crippen molar-refractivity contribution in [3.63, 3.8) is 0 Å². The van der Waals surface area contributed by atoms with Crippen molar-refractivity contribution in [3.05, 3.63) is 70.3 Å². The smallest absolute Gasteiger partial charge is 0.309 e. The van der Waals surface area contributed by atoms with Crippen LogP contribution in [0.2, 0.25) is 0 Å². The summed E-state index contributed by atoms with van der Waals surface area (Å²) < 4.78 is 5.15. The Hall–Kier alpha value is -3.75. The summed E-state index contributed by atoms with van der Waals surface area (Å²) in [5.41, 5.74) is 0.455. The number of para-hydroxylation sites is 2. The number of anilines is 1. The lowest BCUT2D eigenvalue weighted by Crippen LogP contribution is -2.33. The average molecular weight is 399 g/mol. The van der Waals surface area contributed by atoms with E-state index < -0.39 is 28.9 Å². The number of nitrogens with zero attached hydrogens (tertiary/aromatic N) is 1. The zero-order chi connectivity index (χ0) is 21.4. The SMILES string of the molecule is CC(=O)N[C@@H](CC(=O)O[C@H](C)C(=O)Nc1ccccc1[N+](=O)[O-])c1ccccc1. The molecule has 2 aromatic carbocycles. The van der Waals surface area contributed by atoms with E-state index in [1.165, 1.54) is 38.1 Å². The first-order valence-electron chi connectivity index (χ1n) is 8.83. The number of nitro benzene ring substituents is 1. The summed E-state index contributed by atoms with van der Waals surface area (Å²) >= 11 is 0. The lowest BCUT2D eigenvalue weighted by Gasteiger charge is -2.19. The Morgan fingerprint density at radius 1 is 1.07 bits per heavy atom. The zero-order valence-corrected chi connectivity index (χ0v) is 16.0. The Labute approximate surface area is 167 Å². The average Bonchev–Trinajstić information content (AvgIpc) is 2.68. The lowest BCUT2D eigenvalue weighted by molar-refractivity contribution is -0.383. The first-order valence-corrected chi connectivity index (χ1v) is 8.83. The zero-order valence-electron chi connectivity index (χ0n) is 16.0. The van der Waals surface area contributed by atoms with Crippen LogP contribution in [0.3, 0.4) is 0 Å². The topological polar surface area (TPSA) is 128 Å². The number of hydrogen-bond acceptors (Lipinski definition) is 6. The molecular weight excluding hydrogens is 378 g/mol. The minimum atomic E-state index is -1.18. The second-order valence-corrected chi connectivity index (χ2v) is 6.26.